The van der Waals surface area contributed by atoms with E-state index < -0.39 is 0 Å². The lowest BCUT2D eigenvalue weighted by Crippen LogP contribution is -2.26. The molecule has 1 aliphatic rings. The molecule has 1 saturated heterocycles. The van der Waals surface area contributed by atoms with Crippen molar-refractivity contribution in [3.8, 4) is 0 Å². The van der Waals surface area contributed by atoms with Gasteiger partial charge in [0, 0.05) is 25.0 Å². The first kappa shape index (κ1) is 14.3. The van der Waals surface area contributed by atoms with E-state index in [4.69, 9.17) is 4.74 Å². The Hall–Kier alpha value is -1.14. The number of nitrogens with one attached hydrogen (secondary N) is 1. The number of rotatable bonds is 6. The van der Waals surface area contributed by atoms with Crippen LogP contribution in [0.4, 0.5) is 5.13 Å². The molecule has 2 heterocycles. The van der Waals surface area contributed by atoms with Gasteiger partial charge >= 0.3 is 5.97 Å². The van der Waals surface area contributed by atoms with Gasteiger partial charge in [-0.05, 0) is 19.3 Å². The van der Waals surface area contributed by atoms with E-state index in [1.807, 2.05) is 5.38 Å². The number of nitrogens with zero attached hydrogens (tertiary/aromatic N) is 1. The molecule has 1 aromatic heterocycles. The van der Waals surface area contributed by atoms with Crippen molar-refractivity contribution in [2.75, 3.05) is 25.6 Å². The Morgan fingerprint density at radius 3 is 3.26 bits per heavy atom. The second kappa shape index (κ2) is 7.45. The summed E-state index contributed by atoms with van der Waals surface area (Å²) in [5.41, 5.74) is 0.933. The maximum atomic E-state index is 11.0. The van der Waals surface area contributed by atoms with Crippen LogP contribution >= 0.6 is 11.3 Å². The monoisotopic (exact) mass is 284 g/mol. The second-order valence-electron chi connectivity index (χ2n) is 4.59. The van der Waals surface area contributed by atoms with Crippen molar-refractivity contribution in [2.24, 2.45) is 0 Å². The van der Waals surface area contributed by atoms with Crippen LogP contribution < -0.4 is 5.32 Å². The molecule has 5 nitrogen and oxygen atoms in total. The van der Waals surface area contributed by atoms with Gasteiger partial charge in [-0.25, -0.2) is 4.98 Å². The number of aromatic nitrogens is 1. The Bertz CT molecular complexity index is 402. The van der Waals surface area contributed by atoms with Crippen molar-refractivity contribution < 1.29 is 14.3 Å². The zero-order chi connectivity index (χ0) is 13.5. The maximum absolute atomic E-state index is 11.0. The normalized spacial score (nSPS) is 19.1. The fourth-order valence-corrected chi connectivity index (χ4v) is 2.76. The fourth-order valence-electron chi connectivity index (χ4n) is 2.00. The highest BCUT2D eigenvalue weighted by molar-refractivity contribution is 7.13. The number of thiazole rings is 1. The lowest BCUT2D eigenvalue weighted by Gasteiger charge is -2.22. The zero-order valence-electron chi connectivity index (χ0n) is 11.2. The third-order valence-corrected chi connectivity index (χ3v) is 3.97. The van der Waals surface area contributed by atoms with E-state index in [-0.39, 0.29) is 5.97 Å². The molecular formula is C13H20N2O3S. The van der Waals surface area contributed by atoms with Gasteiger partial charge in [-0.2, -0.15) is 0 Å². The van der Waals surface area contributed by atoms with Gasteiger partial charge in [0.15, 0.2) is 5.13 Å². The van der Waals surface area contributed by atoms with Crippen molar-refractivity contribution in [2.45, 2.75) is 38.2 Å². The van der Waals surface area contributed by atoms with Crippen LogP contribution in [0.25, 0.3) is 0 Å². The van der Waals surface area contributed by atoms with Gasteiger partial charge in [-0.15, -0.1) is 11.3 Å². The Balaban J connectivity index is 1.72. The van der Waals surface area contributed by atoms with Gasteiger partial charge < -0.3 is 14.8 Å². The van der Waals surface area contributed by atoms with Crippen LogP contribution in [0.3, 0.4) is 0 Å². The molecule has 1 fully saturated rings. The summed E-state index contributed by atoms with van der Waals surface area (Å²) in [5.74, 6) is -0.196. The van der Waals surface area contributed by atoms with E-state index in [1.54, 1.807) is 11.3 Å². The first-order chi connectivity index (χ1) is 9.28. The maximum Gasteiger partial charge on any atom is 0.305 e. The number of hydrogen-bond donors (Lipinski definition) is 1. The summed E-state index contributed by atoms with van der Waals surface area (Å²) in [6, 6.07) is 0. The van der Waals surface area contributed by atoms with Gasteiger partial charge in [0.2, 0.25) is 0 Å². The molecule has 0 aromatic carbocycles. The number of aryl methyl sites for hydroxylation is 1. The van der Waals surface area contributed by atoms with Gasteiger partial charge in [-0.3, -0.25) is 4.79 Å². The van der Waals surface area contributed by atoms with Gasteiger partial charge in [0.25, 0.3) is 0 Å². The van der Waals surface area contributed by atoms with Crippen LogP contribution in [-0.4, -0.2) is 37.3 Å². The molecule has 106 valence electrons. The molecule has 1 atom stereocenters. The Morgan fingerprint density at radius 1 is 1.63 bits per heavy atom. The largest absolute Gasteiger partial charge is 0.469 e. The lowest BCUT2D eigenvalue weighted by atomic mass is 10.1. The summed E-state index contributed by atoms with van der Waals surface area (Å²) < 4.78 is 10.3. The molecule has 0 radical (unpaired) electrons. The minimum atomic E-state index is -0.196. The average molecular weight is 284 g/mol. The van der Waals surface area contributed by atoms with Crippen LogP contribution in [0, 0.1) is 0 Å². The molecule has 0 bridgehead atoms. The summed E-state index contributed by atoms with van der Waals surface area (Å²) in [6.45, 7) is 1.68. The number of methoxy groups -OCH3 is 1. The van der Waals surface area contributed by atoms with Crippen LogP contribution in [0.15, 0.2) is 5.38 Å². The van der Waals surface area contributed by atoms with Crippen LogP contribution in [0.2, 0.25) is 0 Å². The lowest BCUT2D eigenvalue weighted by molar-refractivity contribution is -0.140. The number of anilines is 1. The summed E-state index contributed by atoms with van der Waals surface area (Å²) in [6.07, 6.45) is 4.85. The minimum Gasteiger partial charge on any atom is -0.469 e. The van der Waals surface area contributed by atoms with E-state index in [9.17, 15) is 4.79 Å². The Labute approximate surface area is 117 Å². The third-order valence-electron chi connectivity index (χ3n) is 3.12. The molecule has 1 aliphatic heterocycles. The molecule has 0 amide bonds. The third kappa shape index (κ3) is 4.80. The molecule has 6 heteroatoms. The summed E-state index contributed by atoms with van der Waals surface area (Å²) in [7, 11) is 1.40. The zero-order valence-corrected chi connectivity index (χ0v) is 12.0. The first-order valence-electron chi connectivity index (χ1n) is 6.64. The van der Waals surface area contributed by atoms with E-state index in [2.05, 4.69) is 15.0 Å². The molecule has 0 aliphatic carbocycles. The topological polar surface area (TPSA) is 60.5 Å². The van der Waals surface area contributed by atoms with E-state index in [1.165, 1.54) is 20.0 Å². The first-order valence-corrected chi connectivity index (χ1v) is 7.52. The SMILES string of the molecule is COC(=O)CCc1csc(NCC2CCCCO2)n1. The van der Waals surface area contributed by atoms with Crippen LogP contribution in [0.1, 0.15) is 31.4 Å². The highest BCUT2D eigenvalue weighted by Crippen LogP contribution is 2.18. The summed E-state index contributed by atoms with van der Waals surface area (Å²) >= 11 is 1.57. The predicted molar refractivity (Wildman–Crippen MR) is 74.5 cm³/mol. The number of hydrogen-bond acceptors (Lipinski definition) is 6. The Morgan fingerprint density at radius 2 is 2.53 bits per heavy atom. The molecule has 1 unspecified atom stereocenters. The van der Waals surface area contributed by atoms with Crippen LogP contribution in [-0.2, 0) is 20.7 Å². The van der Waals surface area contributed by atoms with E-state index in [0.29, 0.717) is 18.9 Å². The number of esters is 1. The average Bonchev–Trinajstić information content (AvgIpc) is 2.91. The van der Waals surface area contributed by atoms with Crippen LogP contribution in [0.5, 0.6) is 0 Å². The minimum absolute atomic E-state index is 0.196. The van der Waals surface area contributed by atoms with Gasteiger partial charge in [0.05, 0.1) is 25.3 Å². The Kier molecular flexibility index (Phi) is 5.60. The fraction of sp³-hybridized carbons (Fsp3) is 0.692. The van der Waals surface area contributed by atoms with Crippen molar-refractivity contribution in [1.82, 2.24) is 4.98 Å². The number of carbonyl (C=O) groups excluding carboxylic acids is 1. The quantitative estimate of drug-likeness (QED) is 0.812. The van der Waals surface area contributed by atoms with Gasteiger partial charge in [-0.1, -0.05) is 0 Å². The standard InChI is InChI=1S/C13H20N2O3S/c1-17-12(16)6-5-10-9-19-13(15-10)14-8-11-4-2-3-7-18-11/h9,11H,2-8H2,1H3,(H,14,15). The van der Waals surface area contributed by atoms with E-state index >= 15 is 0 Å². The molecular weight excluding hydrogens is 264 g/mol. The highest BCUT2D eigenvalue weighted by Gasteiger charge is 2.14. The molecule has 0 spiro atoms. The molecule has 19 heavy (non-hydrogen) atoms. The number of carbonyl (C=O) groups is 1. The number of ether oxygens (including phenoxy) is 2. The smallest absolute Gasteiger partial charge is 0.305 e. The van der Waals surface area contributed by atoms with Crippen molar-refractivity contribution in [3.63, 3.8) is 0 Å². The van der Waals surface area contributed by atoms with Crippen molar-refractivity contribution >= 4 is 22.4 Å². The highest BCUT2D eigenvalue weighted by atomic mass is 32.1. The second-order valence-corrected chi connectivity index (χ2v) is 5.45. The summed E-state index contributed by atoms with van der Waals surface area (Å²) in [4.78, 5) is 15.5. The van der Waals surface area contributed by atoms with E-state index in [0.717, 1.165) is 30.4 Å². The molecule has 2 rings (SSSR count). The van der Waals surface area contributed by atoms with Crippen molar-refractivity contribution in [1.29, 1.82) is 0 Å². The van der Waals surface area contributed by atoms with Crippen molar-refractivity contribution in [3.05, 3.63) is 11.1 Å². The molecule has 1 N–H and O–H groups in total. The summed E-state index contributed by atoms with van der Waals surface area (Å²) in [5, 5.41) is 6.18. The predicted octanol–water partition coefficient (Wildman–Crippen LogP) is 2.23. The molecule has 0 saturated carbocycles. The van der Waals surface area contributed by atoms with Gasteiger partial charge in [0.1, 0.15) is 0 Å². The molecule has 1 aromatic rings.